The molecule has 150 valence electrons. The molecule has 4 aromatic rings. The number of nitrogens with one attached hydrogen (secondary N) is 2. The van der Waals surface area contributed by atoms with Gasteiger partial charge in [-0.15, -0.1) is 0 Å². The second kappa shape index (κ2) is 8.39. The molecule has 0 aliphatic rings. The van der Waals surface area contributed by atoms with Gasteiger partial charge in [0.05, 0.1) is 24.3 Å². The zero-order valence-electron chi connectivity index (χ0n) is 15.7. The number of hydrogen-bond acceptors (Lipinski definition) is 7. The van der Waals surface area contributed by atoms with Crippen LogP contribution in [0.25, 0.3) is 11.5 Å². The van der Waals surface area contributed by atoms with Crippen molar-refractivity contribution in [1.29, 1.82) is 0 Å². The van der Waals surface area contributed by atoms with Crippen LogP contribution in [0.1, 0.15) is 16.1 Å². The molecular weight excluding hydrogens is 387 g/mol. The van der Waals surface area contributed by atoms with Gasteiger partial charge in [0.15, 0.2) is 5.76 Å². The minimum atomic E-state index is -0.462. The molecule has 0 saturated carbocycles. The number of nitrogens with two attached hydrogens (primary N) is 1. The lowest BCUT2D eigenvalue weighted by molar-refractivity contribution is 0.102. The molecule has 0 aliphatic carbocycles. The maximum atomic E-state index is 14.2. The van der Waals surface area contributed by atoms with Crippen molar-refractivity contribution < 1.29 is 13.6 Å². The topological polar surface area (TPSA) is 119 Å². The molecule has 0 aliphatic heterocycles. The maximum absolute atomic E-state index is 14.2. The van der Waals surface area contributed by atoms with Crippen LogP contribution >= 0.6 is 0 Å². The molecule has 0 bridgehead atoms. The van der Waals surface area contributed by atoms with Gasteiger partial charge >= 0.3 is 0 Å². The van der Waals surface area contributed by atoms with E-state index in [9.17, 15) is 9.18 Å². The highest BCUT2D eigenvalue weighted by atomic mass is 19.1. The van der Waals surface area contributed by atoms with Gasteiger partial charge < -0.3 is 20.8 Å². The van der Waals surface area contributed by atoms with E-state index in [-0.39, 0.29) is 12.2 Å². The molecular formula is C21H17FN6O2. The van der Waals surface area contributed by atoms with Gasteiger partial charge in [0.1, 0.15) is 23.0 Å². The monoisotopic (exact) mass is 404 g/mol. The van der Waals surface area contributed by atoms with Crippen molar-refractivity contribution in [3.63, 3.8) is 0 Å². The number of hydrogen-bond donors (Lipinski definition) is 3. The molecule has 0 fully saturated rings. The summed E-state index contributed by atoms with van der Waals surface area (Å²) in [4.78, 5) is 24.7. The lowest BCUT2D eigenvalue weighted by atomic mass is 10.1. The second-order valence-corrected chi connectivity index (χ2v) is 6.31. The fourth-order valence-electron chi connectivity index (χ4n) is 2.74. The van der Waals surface area contributed by atoms with E-state index < -0.39 is 11.7 Å². The van der Waals surface area contributed by atoms with Gasteiger partial charge in [0.25, 0.3) is 5.91 Å². The number of anilines is 3. The molecule has 0 spiro atoms. The lowest BCUT2D eigenvalue weighted by Crippen LogP contribution is -2.14. The first-order valence-electron chi connectivity index (χ1n) is 9.00. The fourth-order valence-corrected chi connectivity index (χ4v) is 2.74. The minimum Gasteiger partial charge on any atom is -0.463 e. The van der Waals surface area contributed by atoms with Crippen molar-refractivity contribution >= 4 is 23.1 Å². The summed E-state index contributed by atoms with van der Waals surface area (Å²) in [6, 6.07) is 11.3. The van der Waals surface area contributed by atoms with E-state index in [4.69, 9.17) is 10.2 Å². The van der Waals surface area contributed by atoms with Crippen molar-refractivity contribution in [3.05, 3.63) is 84.4 Å². The largest absolute Gasteiger partial charge is 0.463 e. The molecule has 8 nitrogen and oxygen atoms in total. The predicted molar refractivity (Wildman–Crippen MR) is 110 cm³/mol. The number of pyridine rings is 1. The van der Waals surface area contributed by atoms with E-state index in [0.29, 0.717) is 34.2 Å². The van der Waals surface area contributed by atoms with E-state index in [1.165, 1.54) is 36.9 Å². The Morgan fingerprint density at radius 1 is 1.10 bits per heavy atom. The van der Waals surface area contributed by atoms with Crippen molar-refractivity contribution in [1.82, 2.24) is 15.0 Å². The Bertz CT molecular complexity index is 1160. The molecule has 30 heavy (non-hydrogen) atoms. The van der Waals surface area contributed by atoms with E-state index >= 15 is 0 Å². The summed E-state index contributed by atoms with van der Waals surface area (Å²) in [6.45, 7) is 0.170. The Hall–Kier alpha value is -4.27. The first-order valence-corrected chi connectivity index (χ1v) is 9.00. The van der Waals surface area contributed by atoms with Crippen molar-refractivity contribution in [2.24, 2.45) is 0 Å². The molecule has 3 aromatic heterocycles. The molecule has 4 N–H and O–H groups in total. The standard InChI is InChI=1S/C21H17FN6O2/c22-15-6-5-14(9-13(15)10-25-16-3-1-7-24-20(16)23)28-21(29)18-12-26-17(11-27-18)19-4-2-8-30-19/h1-9,11-12,25H,10H2,(H2,23,24)(H,28,29). The smallest absolute Gasteiger partial charge is 0.275 e. The van der Waals surface area contributed by atoms with Crippen LogP contribution in [0.2, 0.25) is 0 Å². The van der Waals surface area contributed by atoms with Crippen LogP contribution in [0.3, 0.4) is 0 Å². The van der Waals surface area contributed by atoms with E-state index in [1.807, 2.05) is 0 Å². The normalized spacial score (nSPS) is 10.6. The van der Waals surface area contributed by atoms with Crippen LogP contribution in [0.15, 0.2) is 71.7 Å². The van der Waals surface area contributed by atoms with Gasteiger partial charge in [0.2, 0.25) is 0 Å². The highest BCUT2D eigenvalue weighted by Gasteiger charge is 2.12. The van der Waals surface area contributed by atoms with Crippen LogP contribution in [0, 0.1) is 5.82 Å². The molecule has 0 atom stereocenters. The van der Waals surface area contributed by atoms with Gasteiger partial charge in [0, 0.05) is 24.0 Å². The predicted octanol–water partition coefficient (Wildman–Crippen LogP) is 3.72. The number of amides is 1. The SMILES string of the molecule is Nc1ncccc1NCc1cc(NC(=O)c2cnc(-c3ccco3)cn2)ccc1F. The van der Waals surface area contributed by atoms with Crippen LogP contribution in [-0.4, -0.2) is 20.9 Å². The molecule has 9 heteroatoms. The van der Waals surface area contributed by atoms with Crippen molar-refractivity contribution in [2.45, 2.75) is 6.54 Å². The van der Waals surface area contributed by atoms with Crippen LogP contribution < -0.4 is 16.4 Å². The van der Waals surface area contributed by atoms with Gasteiger partial charge in [-0.25, -0.2) is 19.3 Å². The quantitative estimate of drug-likeness (QED) is 0.448. The molecule has 4 rings (SSSR count). The molecule has 1 amide bonds. The van der Waals surface area contributed by atoms with Crippen LogP contribution in [0.5, 0.6) is 0 Å². The number of nitrogen functional groups attached to an aromatic ring is 1. The zero-order valence-corrected chi connectivity index (χ0v) is 15.7. The summed E-state index contributed by atoms with van der Waals surface area (Å²) < 4.78 is 19.4. The number of carbonyl (C=O) groups excluding carboxylic acids is 1. The second-order valence-electron chi connectivity index (χ2n) is 6.31. The lowest BCUT2D eigenvalue weighted by Gasteiger charge is -2.11. The number of halogens is 1. The molecule has 0 unspecified atom stereocenters. The molecule has 3 heterocycles. The van der Waals surface area contributed by atoms with E-state index in [2.05, 4.69) is 25.6 Å². The van der Waals surface area contributed by atoms with E-state index in [0.717, 1.165) is 0 Å². The number of carbonyl (C=O) groups is 1. The Kier molecular flexibility index (Phi) is 5.33. The minimum absolute atomic E-state index is 0.123. The van der Waals surface area contributed by atoms with Crippen LogP contribution in [-0.2, 0) is 6.54 Å². The zero-order chi connectivity index (χ0) is 20.9. The number of nitrogens with zero attached hydrogens (tertiary/aromatic N) is 3. The average molecular weight is 404 g/mol. The van der Waals surface area contributed by atoms with Gasteiger partial charge in [-0.05, 0) is 42.5 Å². The number of aromatic nitrogens is 3. The fraction of sp³-hybridized carbons (Fsp3) is 0.0476. The van der Waals surface area contributed by atoms with Crippen molar-refractivity contribution in [3.8, 4) is 11.5 Å². The van der Waals surface area contributed by atoms with Gasteiger partial charge in [-0.1, -0.05) is 0 Å². The summed E-state index contributed by atoms with van der Waals surface area (Å²) in [6.07, 6.45) is 5.90. The van der Waals surface area contributed by atoms with E-state index in [1.54, 1.807) is 30.5 Å². The first kappa shape index (κ1) is 19.1. The molecule has 0 saturated heterocycles. The summed E-state index contributed by atoms with van der Waals surface area (Å²) in [5, 5.41) is 5.72. The number of rotatable bonds is 6. The number of benzene rings is 1. The first-order chi connectivity index (χ1) is 14.6. The average Bonchev–Trinajstić information content (AvgIpc) is 3.30. The summed E-state index contributed by atoms with van der Waals surface area (Å²) >= 11 is 0. The highest BCUT2D eigenvalue weighted by Crippen LogP contribution is 2.20. The summed E-state index contributed by atoms with van der Waals surface area (Å²) in [5.74, 6) is -0.000563. The van der Waals surface area contributed by atoms with Crippen molar-refractivity contribution in [2.75, 3.05) is 16.4 Å². The summed E-state index contributed by atoms with van der Waals surface area (Å²) in [5.41, 5.74) is 7.80. The molecule has 0 radical (unpaired) electrons. The van der Waals surface area contributed by atoms with Gasteiger partial charge in [-0.3, -0.25) is 4.79 Å². The third-order valence-electron chi connectivity index (χ3n) is 4.27. The Balaban J connectivity index is 1.44. The summed E-state index contributed by atoms with van der Waals surface area (Å²) in [7, 11) is 0. The third-order valence-corrected chi connectivity index (χ3v) is 4.27. The maximum Gasteiger partial charge on any atom is 0.275 e. The molecule has 1 aromatic carbocycles. The third kappa shape index (κ3) is 4.25. The van der Waals surface area contributed by atoms with Gasteiger partial charge in [-0.2, -0.15) is 0 Å². The Labute approximate surface area is 171 Å². The highest BCUT2D eigenvalue weighted by molar-refractivity contribution is 6.02. The van der Waals surface area contributed by atoms with Crippen LogP contribution in [0.4, 0.5) is 21.6 Å². The Morgan fingerprint density at radius 3 is 2.73 bits per heavy atom. The Morgan fingerprint density at radius 2 is 2.00 bits per heavy atom. The number of furan rings is 1.